The van der Waals surface area contributed by atoms with Crippen LogP contribution in [0.15, 0.2) is 17.0 Å². The molecular formula is C9H9FO2S. The highest BCUT2D eigenvalue weighted by atomic mass is 32.2. The van der Waals surface area contributed by atoms with E-state index in [2.05, 4.69) is 0 Å². The van der Waals surface area contributed by atoms with Gasteiger partial charge in [-0.3, -0.25) is 0 Å². The Morgan fingerprint density at radius 1 is 1.54 bits per heavy atom. The quantitative estimate of drug-likeness (QED) is 0.745. The highest BCUT2D eigenvalue weighted by molar-refractivity contribution is 7.98. The average molecular weight is 200 g/mol. The molecule has 0 radical (unpaired) electrons. The number of hydrogen-bond donors (Lipinski definition) is 1. The highest BCUT2D eigenvalue weighted by Gasteiger charge is 2.13. The Kier molecular flexibility index (Phi) is 2.93. The number of aromatic carboxylic acids is 1. The van der Waals surface area contributed by atoms with Crippen LogP contribution in [0.1, 0.15) is 15.9 Å². The second-order valence-electron chi connectivity index (χ2n) is 2.56. The fourth-order valence-electron chi connectivity index (χ4n) is 1.05. The monoisotopic (exact) mass is 200 g/mol. The lowest BCUT2D eigenvalue weighted by Gasteiger charge is -2.05. The number of carboxylic acid groups (broad SMARTS) is 1. The smallest absolute Gasteiger partial charge is 0.338 e. The van der Waals surface area contributed by atoms with Crippen molar-refractivity contribution in [2.45, 2.75) is 11.8 Å². The maximum Gasteiger partial charge on any atom is 0.338 e. The molecule has 0 atom stereocenters. The number of rotatable bonds is 2. The summed E-state index contributed by atoms with van der Waals surface area (Å²) in [6, 6.07) is 2.91. The lowest BCUT2D eigenvalue weighted by Crippen LogP contribution is -2.02. The van der Waals surface area contributed by atoms with Crippen molar-refractivity contribution in [1.29, 1.82) is 0 Å². The van der Waals surface area contributed by atoms with E-state index in [1.807, 2.05) is 6.26 Å². The van der Waals surface area contributed by atoms with Gasteiger partial charge in [0.25, 0.3) is 0 Å². The van der Waals surface area contributed by atoms with E-state index in [4.69, 9.17) is 5.11 Å². The van der Waals surface area contributed by atoms with Crippen LogP contribution in [0, 0.1) is 12.7 Å². The van der Waals surface area contributed by atoms with E-state index in [1.165, 1.54) is 17.8 Å². The summed E-state index contributed by atoms with van der Waals surface area (Å²) in [5.41, 5.74) is 0.128. The van der Waals surface area contributed by atoms with Crippen molar-refractivity contribution in [2.75, 3.05) is 6.26 Å². The highest BCUT2D eigenvalue weighted by Crippen LogP contribution is 2.24. The third-order valence-corrected chi connectivity index (χ3v) is 2.67. The van der Waals surface area contributed by atoms with Crippen molar-refractivity contribution in [3.63, 3.8) is 0 Å². The summed E-state index contributed by atoms with van der Waals surface area (Å²) >= 11 is 1.40. The van der Waals surface area contributed by atoms with Crippen molar-refractivity contribution in [2.24, 2.45) is 0 Å². The zero-order chi connectivity index (χ0) is 10.0. The molecule has 4 heteroatoms. The summed E-state index contributed by atoms with van der Waals surface area (Å²) in [7, 11) is 0. The van der Waals surface area contributed by atoms with Crippen molar-refractivity contribution in [1.82, 2.24) is 0 Å². The van der Waals surface area contributed by atoms with E-state index in [0.29, 0.717) is 5.56 Å². The van der Waals surface area contributed by atoms with Gasteiger partial charge in [-0.15, -0.1) is 11.8 Å². The SMILES string of the molecule is CSc1ccc(C(=O)O)c(F)c1C. The molecule has 0 aromatic heterocycles. The van der Waals surface area contributed by atoms with Crippen molar-refractivity contribution in [3.8, 4) is 0 Å². The normalized spacial score (nSPS) is 10.1. The van der Waals surface area contributed by atoms with Gasteiger partial charge in [-0.25, -0.2) is 9.18 Å². The van der Waals surface area contributed by atoms with E-state index >= 15 is 0 Å². The molecular weight excluding hydrogens is 191 g/mol. The van der Waals surface area contributed by atoms with Crippen molar-refractivity contribution >= 4 is 17.7 Å². The van der Waals surface area contributed by atoms with Crippen LogP contribution in [0.2, 0.25) is 0 Å². The molecule has 0 heterocycles. The molecule has 0 saturated carbocycles. The van der Waals surface area contributed by atoms with E-state index < -0.39 is 11.8 Å². The fourth-order valence-corrected chi connectivity index (χ4v) is 1.65. The van der Waals surface area contributed by atoms with Crippen LogP contribution < -0.4 is 0 Å². The summed E-state index contributed by atoms with van der Waals surface area (Å²) in [4.78, 5) is 11.3. The Morgan fingerprint density at radius 3 is 2.62 bits per heavy atom. The molecule has 2 nitrogen and oxygen atoms in total. The van der Waals surface area contributed by atoms with E-state index in [-0.39, 0.29) is 5.56 Å². The van der Waals surface area contributed by atoms with Crippen LogP contribution in [0.4, 0.5) is 4.39 Å². The van der Waals surface area contributed by atoms with Crippen molar-refractivity contribution < 1.29 is 14.3 Å². The van der Waals surface area contributed by atoms with E-state index in [0.717, 1.165) is 4.90 Å². The van der Waals surface area contributed by atoms with Gasteiger partial charge < -0.3 is 5.11 Å². The first-order chi connectivity index (χ1) is 6.07. The number of thioether (sulfide) groups is 1. The Morgan fingerprint density at radius 2 is 2.15 bits per heavy atom. The molecule has 0 amide bonds. The molecule has 0 bridgehead atoms. The molecule has 0 aliphatic heterocycles. The maximum absolute atomic E-state index is 13.3. The first-order valence-corrected chi connectivity index (χ1v) is 4.86. The minimum atomic E-state index is -1.23. The molecule has 1 N–H and O–H groups in total. The van der Waals surface area contributed by atoms with Gasteiger partial charge >= 0.3 is 5.97 Å². The Balaban J connectivity index is 3.31. The van der Waals surface area contributed by atoms with Gasteiger partial charge in [0.2, 0.25) is 0 Å². The molecule has 0 saturated heterocycles. The van der Waals surface area contributed by atoms with Gasteiger partial charge in [-0.2, -0.15) is 0 Å². The summed E-state index contributed by atoms with van der Waals surface area (Å²) in [6.07, 6.45) is 1.82. The van der Waals surface area contributed by atoms with Crippen LogP contribution >= 0.6 is 11.8 Å². The maximum atomic E-state index is 13.3. The average Bonchev–Trinajstić information content (AvgIpc) is 2.09. The summed E-state index contributed by atoms with van der Waals surface area (Å²) in [5, 5.41) is 8.61. The fraction of sp³-hybridized carbons (Fsp3) is 0.222. The lowest BCUT2D eigenvalue weighted by atomic mass is 10.1. The topological polar surface area (TPSA) is 37.3 Å². The van der Waals surface area contributed by atoms with Gasteiger partial charge in [-0.1, -0.05) is 0 Å². The van der Waals surface area contributed by atoms with Gasteiger partial charge in [0.15, 0.2) is 0 Å². The van der Waals surface area contributed by atoms with Gasteiger partial charge in [0, 0.05) is 4.90 Å². The van der Waals surface area contributed by atoms with Gasteiger partial charge in [0.1, 0.15) is 5.82 Å². The van der Waals surface area contributed by atoms with Crippen LogP contribution in [-0.4, -0.2) is 17.3 Å². The Bertz CT molecular complexity index is 350. The number of benzene rings is 1. The number of carbonyl (C=O) groups is 1. The zero-order valence-electron chi connectivity index (χ0n) is 7.30. The van der Waals surface area contributed by atoms with Gasteiger partial charge in [0.05, 0.1) is 5.56 Å². The Hall–Kier alpha value is -1.03. The zero-order valence-corrected chi connectivity index (χ0v) is 8.11. The van der Waals surface area contributed by atoms with Crippen LogP contribution in [0.25, 0.3) is 0 Å². The minimum Gasteiger partial charge on any atom is -0.478 e. The molecule has 1 rings (SSSR count). The second-order valence-corrected chi connectivity index (χ2v) is 3.41. The van der Waals surface area contributed by atoms with E-state index in [1.54, 1.807) is 13.0 Å². The predicted molar refractivity (Wildman–Crippen MR) is 49.9 cm³/mol. The molecule has 70 valence electrons. The third kappa shape index (κ3) is 1.83. The number of halogens is 1. The van der Waals surface area contributed by atoms with Gasteiger partial charge in [-0.05, 0) is 30.9 Å². The summed E-state index contributed by atoms with van der Waals surface area (Å²) in [5.74, 6) is -1.87. The van der Waals surface area contributed by atoms with Crippen LogP contribution in [0.5, 0.6) is 0 Å². The standard InChI is InChI=1S/C9H9FO2S/c1-5-7(13-2)4-3-6(8(5)10)9(11)12/h3-4H,1-2H3,(H,11,12). The molecule has 13 heavy (non-hydrogen) atoms. The molecule has 1 aromatic carbocycles. The summed E-state index contributed by atoms with van der Waals surface area (Å²) in [6.45, 7) is 1.58. The largest absolute Gasteiger partial charge is 0.478 e. The van der Waals surface area contributed by atoms with Crippen LogP contribution in [0.3, 0.4) is 0 Å². The molecule has 0 aliphatic rings. The predicted octanol–water partition coefficient (Wildman–Crippen LogP) is 2.55. The molecule has 0 unspecified atom stereocenters. The van der Waals surface area contributed by atoms with Crippen molar-refractivity contribution in [3.05, 3.63) is 29.1 Å². The molecule has 0 aliphatic carbocycles. The Labute approximate surface area is 79.8 Å². The minimum absolute atomic E-state index is 0.268. The second kappa shape index (κ2) is 3.79. The van der Waals surface area contributed by atoms with E-state index in [9.17, 15) is 9.18 Å². The first-order valence-electron chi connectivity index (χ1n) is 3.64. The number of hydrogen-bond acceptors (Lipinski definition) is 2. The molecule has 0 spiro atoms. The van der Waals surface area contributed by atoms with Crippen LogP contribution in [-0.2, 0) is 0 Å². The molecule has 1 aromatic rings. The lowest BCUT2D eigenvalue weighted by molar-refractivity contribution is 0.0691. The third-order valence-electron chi connectivity index (χ3n) is 1.79. The summed E-state index contributed by atoms with van der Waals surface area (Å²) < 4.78 is 13.3. The first kappa shape index (κ1) is 10.1. The number of carboxylic acids is 1. The molecule has 0 fully saturated rings.